The summed E-state index contributed by atoms with van der Waals surface area (Å²) in [6, 6.07) is 18.3. The topological polar surface area (TPSA) is 96.5 Å². The van der Waals surface area contributed by atoms with Crippen molar-refractivity contribution in [2.45, 2.75) is 27.7 Å². The number of benzene rings is 2. The molecule has 0 saturated heterocycles. The van der Waals surface area contributed by atoms with Gasteiger partial charge in [0.1, 0.15) is 28.6 Å². The van der Waals surface area contributed by atoms with Crippen LogP contribution in [-0.4, -0.2) is 15.3 Å². The minimum atomic E-state index is -0.629. The molecule has 0 unspecified atom stereocenters. The van der Waals surface area contributed by atoms with Crippen LogP contribution in [0.2, 0.25) is 0 Å². The number of carbonyl (C=O) groups excluding carboxylic acids is 1. The van der Waals surface area contributed by atoms with Crippen LogP contribution in [0, 0.1) is 39.0 Å². The van der Waals surface area contributed by atoms with Gasteiger partial charge in [-0.3, -0.25) is 14.0 Å². The molecule has 1 amide bonds. The lowest BCUT2D eigenvalue weighted by Crippen LogP contribution is -2.20. The molecule has 0 radical (unpaired) electrons. The Morgan fingerprint density at radius 1 is 1.03 bits per heavy atom. The lowest BCUT2D eigenvalue weighted by Gasteiger charge is -2.12. The number of nitrogens with zero attached hydrogens (tertiary/aromatic N) is 3. The number of amides is 1. The summed E-state index contributed by atoms with van der Waals surface area (Å²) in [6.07, 6.45) is 2.80. The lowest BCUT2D eigenvalue weighted by molar-refractivity contribution is -0.112. The summed E-state index contributed by atoms with van der Waals surface area (Å²) in [6.45, 7) is 7.65. The fourth-order valence-electron chi connectivity index (χ4n) is 3.74. The van der Waals surface area contributed by atoms with Gasteiger partial charge in [0, 0.05) is 11.9 Å². The number of carbonyl (C=O) groups is 1. The summed E-state index contributed by atoms with van der Waals surface area (Å²) >= 11 is 0. The van der Waals surface area contributed by atoms with E-state index < -0.39 is 11.5 Å². The first-order chi connectivity index (χ1) is 16.7. The van der Waals surface area contributed by atoms with Crippen LogP contribution in [0.15, 0.2) is 71.2 Å². The van der Waals surface area contributed by atoms with Gasteiger partial charge in [-0.1, -0.05) is 24.3 Å². The molecule has 1 N–H and O–H groups in total. The van der Waals surface area contributed by atoms with Crippen molar-refractivity contribution in [1.29, 1.82) is 5.26 Å². The zero-order chi connectivity index (χ0) is 25.1. The molecule has 2 aromatic heterocycles. The van der Waals surface area contributed by atoms with Gasteiger partial charge in [0.15, 0.2) is 0 Å². The van der Waals surface area contributed by atoms with E-state index in [9.17, 15) is 14.9 Å². The van der Waals surface area contributed by atoms with Crippen LogP contribution < -0.4 is 15.6 Å². The first-order valence-electron chi connectivity index (χ1n) is 11.0. The fourth-order valence-corrected chi connectivity index (χ4v) is 3.74. The Labute approximate surface area is 203 Å². The van der Waals surface area contributed by atoms with Gasteiger partial charge >= 0.3 is 0 Å². The molecular formula is C28H24N4O3. The number of rotatable bonds is 5. The Morgan fingerprint density at radius 3 is 2.49 bits per heavy atom. The van der Waals surface area contributed by atoms with Crippen LogP contribution in [0.25, 0.3) is 11.7 Å². The van der Waals surface area contributed by atoms with Crippen LogP contribution in [0.5, 0.6) is 11.6 Å². The van der Waals surface area contributed by atoms with Crippen molar-refractivity contribution in [1.82, 2.24) is 9.38 Å². The second-order valence-corrected chi connectivity index (χ2v) is 8.43. The zero-order valence-electron chi connectivity index (χ0n) is 19.9. The predicted octanol–water partition coefficient (Wildman–Crippen LogP) is 5.27. The van der Waals surface area contributed by atoms with Crippen molar-refractivity contribution in [3.05, 3.63) is 105 Å². The van der Waals surface area contributed by atoms with E-state index in [1.807, 2.05) is 70.2 Å². The highest BCUT2D eigenvalue weighted by molar-refractivity contribution is 6.10. The number of aromatic nitrogens is 2. The minimum absolute atomic E-state index is 0.000485. The predicted molar refractivity (Wildman–Crippen MR) is 136 cm³/mol. The molecule has 2 aromatic carbocycles. The first-order valence-corrected chi connectivity index (χ1v) is 11.0. The molecule has 174 valence electrons. The second kappa shape index (κ2) is 9.65. The molecule has 7 nitrogen and oxygen atoms in total. The molecule has 0 bridgehead atoms. The average Bonchev–Trinajstić information content (AvgIpc) is 2.80. The third-order valence-corrected chi connectivity index (χ3v) is 5.44. The van der Waals surface area contributed by atoms with Gasteiger partial charge in [-0.25, -0.2) is 0 Å². The molecule has 0 atom stereocenters. The van der Waals surface area contributed by atoms with Crippen LogP contribution >= 0.6 is 0 Å². The van der Waals surface area contributed by atoms with Crippen LogP contribution in [0.4, 0.5) is 5.69 Å². The number of nitriles is 1. The molecule has 0 spiro atoms. The van der Waals surface area contributed by atoms with Crippen molar-refractivity contribution in [3.8, 4) is 17.7 Å². The van der Waals surface area contributed by atoms with Gasteiger partial charge < -0.3 is 10.1 Å². The quantitative estimate of drug-likeness (QED) is 0.321. The van der Waals surface area contributed by atoms with Gasteiger partial charge in [-0.2, -0.15) is 10.2 Å². The molecule has 0 saturated carbocycles. The van der Waals surface area contributed by atoms with E-state index in [-0.39, 0.29) is 17.0 Å². The van der Waals surface area contributed by atoms with E-state index in [4.69, 9.17) is 4.74 Å². The van der Waals surface area contributed by atoms with E-state index in [1.54, 1.807) is 24.4 Å². The minimum Gasteiger partial charge on any atom is -0.438 e. The Morgan fingerprint density at radius 2 is 1.77 bits per heavy atom. The Hall–Kier alpha value is -4.70. The lowest BCUT2D eigenvalue weighted by atomic mass is 10.1. The van der Waals surface area contributed by atoms with Crippen molar-refractivity contribution < 1.29 is 9.53 Å². The van der Waals surface area contributed by atoms with Crippen LogP contribution in [-0.2, 0) is 4.79 Å². The summed E-state index contributed by atoms with van der Waals surface area (Å²) in [5, 5.41) is 12.5. The van der Waals surface area contributed by atoms with Gasteiger partial charge in [0.2, 0.25) is 5.88 Å². The van der Waals surface area contributed by atoms with Crippen LogP contribution in [0.3, 0.4) is 0 Å². The highest BCUT2D eigenvalue weighted by Gasteiger charge is 2.18. The number of aryl methyl sites for hydroxylation is 4. The Kier molecular flexibility index (Phi) is 6.47. The maximum absolute atomic E-state index is 13.4. The molecule has 0 fully saturated rings. The summed E-state index contributed by atoms with van der Waals surface area (Å²) in [5.74, 6) is -0.114. The van der Waals surface area contributed by atoms with Crippen molar-refractivity contribution in [2.75, 3.05) is 5.32 Å². The molecule has 4 rings (SSSR count). The summed E-state index contributed by atoms with van der Waals surface area (Å²) in [7, 11) is 0. The third kappa shape index (κ3) is 5.12. The highest BCUT2D eigenvalue weighted by atomic mass is 16.5. The van der Waals surface area contributed by atoms with Crippen LogP contribution in [0.1, 0.15) is 27.8 Å². The molecule has 0 aliphatic heterocycles. The third-order valence-electron chi connectivity index (χ3n) is 5.44. The van der Waals surface area contributed by atoms with E-state index in [0.29, 0.717) is 17.1 Å². The highest BCUT2D eigenvalue weighted by Crippen LogP contribution is 2.26. The second-order valence-electron chi connectivity index (χ2n) is 8.43. The summed E-state index contributed by atoms with van der Waals surface area (Å²) in [4.78, 5) is 30.8. The number of ether oxygens (including phenoxy) is 1. The van der Waals surface area contributed by atoms with E-state index in [2.05, 4.69) is 10.3 Å². The average molecular weight is 465 g/mol. The van der Waals surface area contributed by atoms with Crippen molar-refractivity contribution in [3.63, 3.8) is 0 Å². The number of pyridine rings is 1. The maximum Gasteiger partial charge on any atom is 0.269 e. The monoisotopic (exact) mass is 464 g/mol. The number of fused-ring (bicyclic) bond motifs is 1. The molecule has 35 heavy (non-hydrogen) atoms. The van der Waals surface area contributed by atoms with Gasteiger partial charge in [-0.15, -0.1) is 0 Å². The normalized spacial score (nSPS) is 11.2. The smallest absolute Gasteiger partial charge is 0.269 e. The number of anilines is 1. The van der Waals surface area contributed by atoms with Crippen molar-refractivity contribution in [2.24, 2.45) is 0 Å². The molecular weight excluding hydrogens is 440 g/mol. The molecule has 4 aromatic rings. The number of hydrogen-bond acceptors (Lipinski definition) is 5. The van der Waals surface area contributed by atoms with E-state index in [0.717, 1.165) is 22.3 Å². The molecule has 7 heteroatoms. The Bertz CT molecular complexity index is 1570. The fraction of sp³-hybridized carbons (Fsp3) is 0.143. The molecule has 2 heterocycles. The Balaban J connectivity index is 1.82. The van der Waals surface area contributed by atoms with Gasteiger partial charge in [0.25, 0.3) is 11.5 Å². The summed E-state index contributed by atoms with van der Waals surface area (Å²) in [5.41, 5.74) is 4.07. The SMILES string of the molecule is Cc1cc(C)cc(Oc2nc3ccccn3c(=O)c2/C=C(/C#N)C(=O)Nc2cc(C)ccc2C)c1. The van der Waals surface area contributed by atoms with E-state index in [1.165, 1.54) is 10.5 Å². The van der Waals surface area contributed by atoms with E-state index >= 15 is 0 Å². The van der Waals surface area contributed by atoms with Gasteiger partial charge in [0.05, 0.1) is 0 Å². The maximum atomic E-state index is 13.4. The first kappa shape index (κ1) is 23.5. The number of hydrogen-bond donors (Lipinski definition) is 1. The molecule has 0 aliphatic rings. The molecule has 0 aliphatic carbocycles. The van der Waals surface area contributed by atoms with Gasteiger partial charge in [-0.05, 0) is 86.4 Å². The number of nitrogens with one attached hydrogen (secondary N) is 1. The van der Waals surface area contributed by atoms with Crippen molar-refractivity contribution >= 4 is 23.3 Å². The summed E-state index contributed by atoms with van der Waals surface area (Å²) < 4.78 is 7.37. The standard InChI is InChI=1S/C28H24N4O3/c1-17-8-9-20(4)24(14-17)30-26(33)21(16-29)15-23-27(35-22-12-18(2)11-19(3)13-22)31-25-7-5-6-10-32(25)28(23)34/h5-15H,1-4H3,(H,30,33)/b21-15-. The largest absolute Gasteiger partial charge is 0.438 e. The zero-order valence-corrected chi connectivity index (χ0v) is 19.9.